The Kier molecular flexibility index (Phi) is 5.08. The summed E-state index contributed by atoms with van der Waals surface area (Å²) in [5.41, 5.74) is 2.59. The predicted molar refractivity (Wildman–Crippen MR) is 84.9 cm³/mol. The zero-order valence-corrected chi connectivity index (χ0v) is 13.5. The van der Waals surface area contributed by atoms with Crippen molar-refractivity contribution in [3.63, 3.8) is 0 Å². The number of benzene rings is 2. The van der Waals surface area contributed by atoms with Crippen LogP contribution in [0.3, 0.4) is 0 Å². The number of ether oxygens (including phenoxy) is 1. The van der Waals surface area contributed by atoms with Gasteiger partial charge in [-0.05, 0) is 36.2 Å². The Bertz CT molecular complexity index is 734. The molecule has 128 valence electrons. The van der Waals surface area contributed by atoms with Crippen molar-refractivity contribution in [2.75, 3.05) is 0 Å². The Morgan fingerprint density at radius 3 is 2.29 bits per heavy atom. The minimum Gasteiger partial charge on any atom is -0.467 e. The lowest BCUT2D eigenvalue weighted by atomic mass is 9.92. The van der Waals surface area contributed by atoms with Gasteiger partial charge < -0.3 is 10.5 Å². The highest BCUT2D eigenvalue weighted by molar-refractivity contribution is 6.30. The molecule has 0 aromatic heterocycles. The summed E-state index contributed by atoms with van der Waals surface area (Å²) >= 11 is 5.80. The van der Waals surface area contributed by atoms with Crippen LogP contribution in [-0.2, 0) is 11.2 Å². The average Bonchev–Trinajstić information content (AvgIpc) is 2.48. The molecule has 0 bridgehead atoms. The van der Waals surface area contributed by atoms with E-state index in [2.05, 4.69) is 0 Å². The van der Waals surface area contributed by atoms with Gasteiger partial charge in [0.1, 0.15) is 5.75 Å². The minimum atomic E-state index is -5.00. The van der Waals surface area contributed by atoms with Crippen LogP contribution < -0.4 is 10.5 Å². The first-order valence-corrected chi connectivity index (χ1v) is 7.39. The first-order valence-electron chi connectivity index (χ1n) is 7.01. The number of primary amides is 1. The largest absolute Gasteiger partial charge is 0.467 e. The van der Waals surface area contributed by atoms with Crippen molar-refractivity contribution in [3.8, 4) is 5.75 Å². The summed E-state index contributed by atoms with van der Waals surface area (Å²) in [6.07, 6.45) is -5.73. The van der Waals surface area contributed by atoms with E-state index in [4.69, 9.17) is 22.1 Å². The minimum absolute atomic E-state index is 0.105. The van der Waals surface area contributed by atoms with E-state index in [1.165, 1.54) is 37.3 Å². The van der Waals surface area contributed by atoms with Crippen molar-refractivity contribution in [2.45, 2.75) is 25.1 Å². The van der Waals surface area contributed by atoms with Gasteiger partial charge in [-0.15, -0.1) is 0 Å². The second kappa shape index (κ2) is 6.73. The van der Waals surface area contributed by atoms with Gasteiger partial charge in [0.15, 0.2) is 0 Å². The molecule has 2 N–H and O–H groups in total. The molecule has 24 heavy (non-hydrogen) atoms. The van der Waals surface area contributed by atoms with Crippen LogP contribution in [0.5, 0.6) is 5.75 Å². The van der Waals surface area contributed by atoms with Crippen LogP contribution in [0.2, 0.25) is 5.02 Å². The molecule has 2 rings (SSSR count). The Balaban J connectivity index is 2.51. The SMILES string of the molecule is Cc1cc(Cl)ccc1OC(Cc1ccccc1)(C(N)=O)C(F)(F)F. The Morgan fingerprint density at radius 1 is 1.17 bits per heavy atom. The van der Waals surface area contributed by atoms with Gasteiger partial charge in [0.05, 0.1) is 0 Å². The van der Waals surface area contributed by atoms with Crippen molar-refractivity contribution in [1.82, 2.24) is 0 Å². The van der Waals surface area contributed by atoms with E-state index in [1.54, 1.807) is 18.2 Å². The van der Waals surface area contributed by atoms with Crippen LogP contribution >= 0.6 is 11.6 Å². The van der Waals surface area contributed by atoms with E-state index in [1.807, 2.05) is 0 Å². The van der Waals surface area contributed by atoms with Gasteiger partial charge in [0.2, 0.25) is 0 Å². The summed E-state index contributed by atoms with van der Waals surface area (Å²) in [5.74, 6) is -1.71. The lowest BCUT2D eigenvalue weighted by Crippen LogP contribution is -2.61. The van der Waals surface area contributed by atoms with E-state index >= 15 is 0 Å². The van der Waals surface area contributed by atoms with E-state index in [0.29, 0.717) is 10.6 Å². The zero-order valence-electron chi connectivity index (χ0n) is 12.7. The van der Waals surface area contributed by atoms with Crippen LogP contribution in [0.25, 0.3) is 0 Å². The molecule has 0 radical (unpaired) electrons. The third-order valence-corrected chi connectivity index (χ3v) is 3.81. The smallest absolute Gasteiger partial charge is 0.437 e. The lowest BCUT2D eigenvalue weighted by molar-refractivity contribution is -0.240. The molecule has 0 aliphatic rings. The Morgan fingerprint density at radius 2 is 1.79 bits per heavy atom. The second-order valence-corrected chi connectivity index (χ2v) is 5.80. The van der Waals surface area contributed by atoms with E-state index < -0.39 is 24.1 Å². The Hall–Kier alpha value is -2.21. The summed E-state index contributed by atoms with van der Waals surface area (Å²) in [5, 5.41) is 0.347. The maximum atomic E-state index is 13.8. The first kappa shape index (κ1) is 18.1. The van der Waals surface area contributed by atoms with Crippen molar-refractivity contribution in [2.24, 2.45) is 5.73 Å². The number of hydrogen-bond acceptors (Lipinski definition) is 2. The third-order valence-electron chi connectivity index (χ3n) is 3.57. The molecular weight excluding hydrogens is 343 g/mol. The molecule has 0 saturated carbocycles. The van der Waals surface area contributed by atoms with E-state index in [-0.39, 0.29) is 11.3 Å². The van der Waals surface area contributed by atoms with Crippen molar-refractivity contribution < 1.29 is 22.7 Å². The van der Waals surface area contributed by atoms with Gasteiger partial charge in [0, 0.05) is 11.4 Å². The molecular formula is C17H15ClF3NO2. The molecule has 1 amide bonds. The normalized spacial score (nSPS) is 14.0. The molecule has 0 saturated heterocycles. The molecule has 2 aromatic rings. The maximum absolute atomic E-state index is 13.8. The molecule has 2 aromatic carbocycles. The van der Waals surface area contributed by atoms with Crippen LogP contribution in [0.15, 0.2) is 48.5 Å². The molecule has 0 aliphatic carbocycles. The van der Waals surface area contributed by atoms with Crippen LogP contribution in [0, 0.1) is 6.92 Å². The topological polar surface area (TPSA) is 52.3 Å². The molecule has 0 aliphatic heterocycles. The number of alkyl halides is 3. The van der Waals surface area contributed by atoms with E-state index in [0.717, 1.165) is 0 Å². The van der Waals surface area contributed by atoms with E-state index in [9.17, 15) is 18.0 Å². The first-order chi connectivity index (χ1) is 11.2. The highest BCUT2D eigenvalue weighted by Gasteiger charge is 2.62. The highest BCUT2D eigenvalue weighted by atomic mass is 35.5. The average molecular weight is 358 g/mol. The fourth-order valence-electron chi connectivity index (χ4n) is 2.27. The van der Waals surface area contributed by atoms with Gasteiger partial charge >= 0.3 is 6.18 Å². The van der Waals surface area contributed by atoms with Crippen LogP contribution in [0.1, 0.15) is 11.1 Å². The fourth-order valence-corrected chi connectivity index (χ4v) is 2.50. The number of nitrogens with two attached hydrogens (primary N) is 1. The number of carbonyl (C=O) groups is 1. The van der Waals surface area contributed by atoms with Crippen LogP contribution in [-0.4, -0.2) is 17.7 Å². The van der Waals surface area contributed by atoms with Gasteiger partial charge in [-0.1, -0.05) is 41.9 Å². The Labute approximate surface area is 142 Å². The summed E-state index contributed by atoms with van der Waals surface area (Å²) in [4.78, 5) is 11.8. The molecule has 3 nitrogen and oxygen atoms in total. The lowest BCUT2D eigenvalue weighted by Gasteiger charge is -2.34. The van der Waals surface area contributed by atoms with Crippen molar-refractivity contribution >= 4 is 17.5 Å². The summed E-state index contributed by atoms with van der Waals surface area (Å²) < 4.78 is 46.4. The highest BCUT2D eigenvalue weighted by Crippen LogP contribution is 2.38. The standard InChI is InChI=1S/C17H15ClF3NO2/c1-11-9-13(18)7-8-14(11)24-16(15(22)23,17(19,20)21)10-12-5-3-2-4-6-12/h2-9H,10H2,1H3,(H2,22,23). The monoisotopic (exact) mass is 357 g/mol. The van der Waals surface area contributed by atoms with Gasteiger partial charge in [-0.2, -0.15) is 13.2 Å². The molecule has 0 heterocycles. The fraction of sp³-hybridized carbons (Fsp3) is 0.235. The maximum Gasteiger partial charge on any atom is 0.437 e. The van der Waals surface area contributed by atoms with Gasteiger partial charge in [-0.3, -0.25) is 4.79 Å². The van der Waals surface area contributed by atoms with Crippen molar-refractivity contribution in [3.05, 3.63) is 64.7 Å². The molecule has 7 heteroatoms. The zero-order chi connectivity index (χ0) is 18.0. The number of hydrogen-bond donors (Lipinski definition) is 1. The predicted octanol–water partition coefficient (Wildman–Crippen LogP) is 4.06. The summed E-state index contributed by atoms with van der Waals surface area (Å²) in [6.45, 7) is 1.53. The van der Waals surface area contributed by atoms with Crippen molar-refractivity contribution in [1.29, 1.82) is 0 Å². The number of carbonyl (C=O) groups excluding carboxylic acids is 1. The number of halogens is 4. The molecule has 1 atom stereocenters. The number of amides is 1. The van der Waals surface area contributed by atoms with Gasteiger partial charge in [-0.25, -0.2) is 0 Å². The van der Waals surface area contributed by atoms with Crippen LogP contribution in [0.4, 0.5) is 13.2 Å². The number of aryl methyl sites for hydroxylation is 1. The quantitative estimate of drug-likeness (QED) is 0.877. The summed E-state index contributed by atoms with van der Waals surface area (Å²) in [6, 6.07) is 11.9. The second-order valence-electron chi connectivity index (χ2n) is 5.36. The molecule has 0 fully saturated rings. The third kappa shape index (κ3) is 3.64. The molecule has 1 unspecified atom stereocenters. The molecule has 0 spiro atoms. The van der Waals surface area contributed by atoms with Gasteiger partial charge in [0.25, 0.3) is 11.5 Å². The number of rotatable bonds is 5. The summed E-state index contributed by atoms with van der Waals surface area (Å²) in [7, 11) is 0.